The molecule has 0 saturated heterocycles. The van der Waals surface area contributed by atoms with Gasteiger partial charge in [-0.1, -0.05) is 0 Å². The molecule has 0 atom stereocenters. The predicted octanol–water partition coefficient (Wildman–Crippen LogP) is 2.67. The topological polar surface area (TPSA) is 34.1 Å². The van der Waals surface area contributed by atoms with Crippen molar-refractivity contribution in [2.24, 2.45) is 0 Å². The van der Waals surface area contributed by atoms with Gasteiger partial charge in [-0.3, -0.25) is 0 Å². The Kier molecular flexibility index (Phi) is 6.61. The molecule has 1 N–H and O–H groups in total. The zero-order valence-electron chi connectivity index (χ0n) is 10.5. The van der Waals surface area contributed by atoms with Crippen LogP contribution in [0.25, 0.3) is 0 Å². The predicted molar refractivity (Wildman–Crippen MR) is 69.0 cm³/mol. The molecule has 92 valence electrons. The van der Waals surface area contributed by atoms with Gasteiger partial charge in [0.15, 0.2) is 0 Å². The summed E-state index contributed by atoms with van der Waals surface area (Å²) >= 11 is 1.79. The minimum atomic E-state index is 0.880. The number of hydrogen-bond donors (Lipinski definition) is 1. The lowest BCUT2D eigenvalue weighted by Gasteiger charge is -2.02. The first-order chi connectivity index (χ1) is 7.74. The quantitative estimate of drug-likeness (QED) is 0.712. The standard InChI is InChI=1S/C12H22N2OS/c1-10-11(2)16-12(14-10)9-13-7-5-4-6-8-15-3/h13H,4-9H2,1-3H3. The molecule has 16 heavy (non-hydrogen) atoms. The van der Waals surface area contributed by atoms with Gasteiger partial charge in [0.25, 0.3) is 0 Å². The lowest BCUT2D eigenvalue weighted by atomic mass is 10.2. The zero-order valence-corrected chi connectivity index (χ0v) is 11.3. The molecule has 1 heterocycles. The molecular formula is C12H22N2OS. The molecule has 0 bridgehead atoms. The first-order valence-electron chi connectivity index (χ1n) is 5.86. The first kappa shape index (κ1) is 13.6. The van der Waals surface area contributed by atoms with E-state index in [0.29, 0.717) is 0 Å². The number of aryl methyl sites for hydroxylation is 2. The fourth-order valence-corrected chi connectivity index (χ4v) is 2.39. The van der Waals surface area contributed by atoms with Crippen molar-refractivity contribution in [1.82, 2.24) is 10.3 Å². The van der Waals surface area contributed by atoms with E-state index < -0.39 is 0 Å². The van der Waals surface area contributed by atoms with E-state index in [2.05, 4.69) is 24.1 Å². The van der Waals surface area contributed by atoms with E-state index in [-0.39, 0.29) is 0 Å². The van der Waals surface area contributed by atoms with Gasteiger partial charge >= 0.3 is 0 Å². The first-order valence-corrected chi connectivity index (χ1v) is 6.68. The van der Waals surface area contributed by atoms with Crippen molar-refractivity contribution in [2.45, 2.75) is 39.7 Å². The summed E-state index contributed by atoms with van der Waals surface area (Å²) in [6.07, 6.45) is 3.61. The summed E-state index contributed by atoms with van der Waals surface area (Å²) < 4.78 is 5.00. The summed E-state index contributed by atoms with van der Waals surface area (Å²) in [4.78, 5) is 5.82. The molecule has 1 rings (SSSR count). The van der Waals surface area contributed by atoms with E-state index in [9.17, 15) is 0 Å². The summed E-state index contributed by atoms with van der Waals surface area (Å²) in [6.45, 7) is 7.05. The smallest absolute Gasteiger partial charge is 0.107 e. The van der Waals surface area contributed by atoms with E-state index in [1.165, 1.54) is 28.4 Å². The normalized spacial score (nSPS) is 10.9. The number of nitrogens with zero attached hydrogens (tertiary/aromatic N) is 1. The Morgan fingerprint density at radius 3 is 2.69 bits per heavy atom. The van der Waals surface area contributed by atoms with E-state index in [1.54, 1.807) is 18.4 Å². The fraction of sp³-hybridized carbons (Fsp3) is 0.750. The molecule has 4 heteroatoms. The summed E-state index contributed by atoms with van der Waals surface area (Å²) in [5.74, 6) is 0. The van der Waals surface area contributed by atoms with Crippen LogP contribution in [0, 0.1) is 13.8 Å². The monoisotopic (exact) mass is 242 g/mol. The Morgan fingerprint density at radius 2 is 2.06 bits per heavy atom. The number of rotatable bonds is 8. The van der Waals surface area contributed by atoms with Crippen LogP contribution >= 0.6 is 11.3 Å². The van der Waals surface area contributed by atoms with E-state index in [4.69, 9.17) is 4.74 Å². The van der Waals surface area contributed by atoms with Gasteiger partial charge in [-0.05, 0) is 39.7 Å². The zero-order chi connectivity index (χ0) is 11.8. The molecule has 3 nitrogen and oxygen atoms in total. The van der Waals surface area contributed by atoms with Crippen molar-refractivity contribution >= 4 is 11.3 Å². The Morgan fingerprint density at radius 1 is 1.25 bits per heavy atom. The number of nitrogens with one attached hydrogen (secondary N) is 1. The molecule has 0 aliphatic rings. The van der Waals surface area contributed by atoms with Gasteiger partial charge in [-0.2, -0.15) is 0 Å². The molecule has 0 aromatic carbocycles. The number of thiazole rings is 1. The highest BCUT2D eigenvalue weighted by atomic mass is 32.1. The largest absolute Gasteiger partial charge is 0.385 e. The second-order valence-corrected chi connectivity index (χ2v) is 5.27. The minimum absolute atomic E-state index is 0.880. The lowest BCUT2D eigenvalue weighted by molar-refractivity contribution is 0.192. The fourth-order valence-electron chi connectivity index (χ4n) is 1.48. The molecule has 0 saturated carbocycles. The summed E-state index contributed by atoms with van der Waals surface area (Å²) in [5, 5.41) is 4.63. The average molecular weight is 242 g/mol. The Bertz CT molecular complexity index is 280. The van der Waals surface area contributed by atoms with Crippen LogP contribution < -0.4 is 5.32 Å². The molecule has 0 aliphatic carbocycles. The SMILES string of the molecule is COCCCCCNCc1nc(C)c(C)s1. The van der Waals surface area contributed by atoms with Gasteiger partial charge in [0.05, 0.1) is 5.69 Å². The number of ether oxygens (including phenoxy) is 1. The van der Waals surface area contributed by atoms with Crippen molar-refractivity contribution in [3.63, 3.8) is 0 Å². The van der Waals surface area contributed by atoms with Crippen LogP contribution in [0.4, 0.5) is 0 Å². The van der Waals surface area contributed by atoms with Crippen LogP contribution in [-0.4, -0.2) is 25.2 Å². The van der Waals surface area contributed by atoms with Crippen LogP contribution in [0.3, 0.4) is 0 Å². The molecule has 0 unspecified atom stereocenters. The number of unbranched alkanes of at least 4 members (excludes halogenated alkanes) is 2. The maximum absolute atomic E-state index is 5.00. The highest BCUT2D eigenvalue weighted by Gasteiger charge is 2.02. The molecule has 0 amide bonds. The molecule has 0 radical (unpaired) electrons. The van der Waals surface area contributed by atoms with Crippen LogP contribution in [0.5, 0.6) is 0 Å². The maximum Gasteiger partial charge on any atom is 0.107 e. The molecule has 1 aromatic heterocycles. The number of aromatic nitrogens is 1. The van der Waals surface area contributed by atoms with Crippen LogP contribution in [0.2, 0.25) is 0 Å². The van der Waals surface area contributed by atoms with Crippen molar-refractivity contribution in [3.8, 4) is 0 Å². The molecule has 1 aromatic rings. The van der Waals surface area contributed by atoms with Crippen molar-refractivity contribution in [3.05, 3.63) is 15.6 Å². The van der Waals surface area contributed by atoms with Gasteiger partial charge < -0.3 is 10.1 Å². The maximum atomic E-state index is 5.00. The third-order valence-electron chi connectivity index (χ3n) is 2.55. The molecular weight excluding hydrogens is 220 g/mol. The molecule has 0 fully saturated rings. The van der Waals surface area contributed by atoms with Gasteiger partial charge in [0.2, 0.25) is 0 Å². The number of methoxy groups -OCH3 is 1. The van der Waals surface area contributed by atoms with Gasteiger partial charge in [0.1, 0.15) is 5.01 Å². The van der Waals surface area contributed by atoms with Crippen molar-refractivity contribution in [2.75, 3.05) is 20.3 Å². The van der Waals surface area contributed by atoms with E-state index >= 15 is 0 Å². The summed E-state index contributed by atoms with van der Waals surface area (Å²) in [6, 6.07) is 0. The second kappa shape index (κ2) is 7.76. The second-order valence-electron chi connectivity index (χ2n) is 3.98. The Hall–Kier alpha value is -0.450. The highest BCUT2D eigenvalue weighted by Crippen LogP contribution is 2.15. The Labute approximate surface area is 102 Å². The highest BCUT2D eigenvalue weighted by molar-refractivity contribution is 7.11. The Balaban J connectivity index is 2.03. The summed E-state index contributed by atoms with van der Waals surface area (Å²) in [7, 11) is 1.76. The molecule has 0 spiro atoms. The van der Waals surface area contributed by atoms with Crippen molar-refractivity contribution in [1.29, 1.82) is 0 Å². The summed E-state index contributed by atoms with van der Waals surface area (Å²) in [5.41, 5.74) is 1.17. The van der Waals surface area contributed by atoms with Crippen LogP contribution in [0.15, 0.2) is 0 Å². The van der Waals surface area contributed by atoms with E-state index in [1.807, 2.05) is 0 Å². The molecule has 0 aliphatic heterocycles. The van der Waals surface area contributed by atoms with Crippen molar-refractivity contribution < 1.29 is 4.74 Å². The third kappa shape index (κ3) is 5.05. The van der Waals surface area contributed by atoms with Gasteiger partial charge in [-0.15, -0.1) is 11.3 Å². The van der Waals surface area contributed by atoms with Crippen LogP contribution in [-0.2, 0) is 11.3 Å². The minimum Gasteiger partial charge on any atom is -0.385 e. The van der Waals surface area contributed by atoms with Crippen LogP contribution in [0.1, 0.15) is 34.8 Å². The van der Waals surface area contributed by atoms with Gasteiger partial charge in [0, 0.05) is 25.1 Å². The van der Waals surface area contributed by atoms with Gasteiger partial charge in [-0.25, -0.2) is 4.98 Å². The average Bonchev–Trinajstić information content (AvgIpc) is 2.57. The van der Waals surface area contributed by atoms with E-state index in [0.717, 1.165) is 26.1 Å². The lowest BCUT2D eigenvalue weighted by Crippen LogP contribution is -2.14. The number of hydrogen-bond acceptors (Lipinski definition) is 4. The third-order valence-corrected chi connectivity index (χ3v) is 3.62.